The van der Waals surface area contributed by atoms with E-state index in [4.69, 9.17) is 11.6 Å². The van der Waals surface area contributed by atoms with E-state index in [1.54, 1.807) is 4.90 Å². The lowest BCUT2D eigenvalue weighted by molar-refractivity contribution is -0.149. The lowest BCUT2D eigenvalue weighted by Gasteiger charge is -2.47. The number of aryl methyl sites for hydroxylation is 1. The summed E-state index contributed by atoms with van der Waals surface area (Å²) in [7, 11) is 0. The molecule has 2 heterocycles. The van der Waals surface area contributed by atoms with Crippen LogP contribution in [0.5, 0.6) is 0 Å². The second-order valence-corrected chi connectivity index (χ2v) is 8.16. The maximum Gasteiger partial charge on any atom is 0.251 e. The SMILES string of the molecule is Cc1ccc(CN2C(=O)CN(c3ncc(Cl)cc3F)C(=O)[C@@H]2C2CC(O)C2)cc1. The van der Waals surface area contributed by atoms with E-state index in [1.165, 1.54) is 6.20 Å². The summed E-state index contributed by atoms with van der Waals surface area (Å²) < 4.78 is 14.4. The van der Waals surface area contributed by atoms with Gasteiger partial charge in [-0.1, -0.05) is 41.4 Å². The van der Waals surface area contributed by atoms with Crippen LogP contribution in [0.4, 0.5) is 10.2 Å². The highest BCUT2D eigenvalue weighted by Crippen LogP contribution is 2.37. The first-order valence-electron chi connectivity index (χ1n) is 9.49. The average molecular weight is 418 g/mol. The van der Waals surface area contributed by atoms with Gasteiger partial charge in [-0.2, -0.15) is 0 Å². The highest BCUT2D eigenvalue weighted by Gasteiger charge is 2.48. The highest BCUT2D eigenvalue weighted by molar-refractivity contribution is 6.30. The molecule has 6 nitrogen and oxygen atoms in total. The molecule has 29 heavy (non-hydrogen) atoms. The number of carbonyl (C=O) groups excluding carboxylic acids is 2. The fourth-order valence-electron chi connectivity index (χ4n) is 3.96. The van der Waals surface area contributed by atoms with Crippen LogP contribution in [0.25, 0.3) is 0 Å². The second kappa shape index (κ2) is 7.72. The Morgan fingerprint density at radius 1 is 1.24 bits per heavy atom. The molecule has 8 heteroatoms. The molecule has 1 aromatic carbocycles. The van der Waals surface area contributed by atoms with E-state index in [-0.39, 0.29) is 41.7 Å². The molecule has 2 amide bonds. The fraction of sp³-hybridized carbons (Fsp3) is 0.381. The summed E-state index contributed by atoms with van der Waals surface area (Å²) in [6.07, 6.45) is 1.62. The highest BCUT2D eigenvalue weighted by atomic mass is 35.5. The smallest absolute Gasteiger partial charge is 0.251 e. The van der Waals surface area contributed by atoms with Gasteiger partial charge in [-0.25, -0.2) is 9.37 Å². The number of hydrogen-bond donors (Lipinski definition) is 1. The molecule has 2 aromatic rings. The number of aromatic nitrogens is 1. The number of rotatable bonds is 4. The maximum atomic E-state index is 14.4. The van der Waals surface area contributed by atoms with Gasteiger partial charge in [-0.05, 0) is 37.3 Å². The molecule has 1 N–H and O–H groups in total. The molecule has 0 spiro atoms. The first kappa shape index (κ1) is 19.8. The van der Waals surface area contributed by atoms with E-state index in [0.717, 1.165) is 22.1 Å². The molecule has 0 radical (unpaired) electrons. The first-order valence-corrected chi connectivity index (χ1v) is 9.87. The van der Waals surface area contributed by atoms with Gasteiger partial charge in [-0.15, -0.1) is 0 Å². The summed E-state index contributed by atoms with van der Waals surface area (Å²) >= 11 is 5.76. The normalized spacial score (nSPS) is 24.6. The predicted octanol–water partition coefficient (Wildman–Crippen LogP) is 2.70. The van der Waals surface area contributed by atoms with Gasteiger partial charge < -0.3 is 10.0 Å². The van der Waals surface area contributed by atoms with E-state index in [1.807, 2.05) is 31.2 Å². The van der Waals surface area contributed by atoms with Crippen molar-refractivity contribution < 1.29 is 19.1 Å². The molecule has 1 aliphatic carbocycles. The first-order chi connectivity index (χ1) is 13.8. The van der Waals surface area contributed by atoms with Crippen LogP contribution in [-0.4, -0.2) is 45.5 Å². The molecule has 1 atom stereocenters. The summed E-state index contributed by atoms with van der Waals surface area (Å²) in [4.78, 5) is 32.9. The van der Waals surface area contributed by atoms with Crippen LogP contribution in [0.15, 0.2) is 36.5 Å². The zero-order valence-corrected chi connectivity index (χ0v) is 16.6. The fourth-order valence-corrected chi connectivity index (χ4v) is 4.10. The van der Waals surface area contributed by atoms with Gasteiger partial charge in [0.15, 0.2) is 11.6 Å². The van der Waals surface area contributed by atoms with Crippen LogP contribution in [0.1, 0.15) is 24.0 Å². The van der Waals surface area contributed by atoms with Crippen molar-refractivity contribution in [3.8, 4) is 0 Å². The number of nitrogens with zero attached hydrogens (tertiary/aromatic N) is 3. The number of aliphatic hydroxyl groups excluding tert-OH is 1. The Morgan fingerprint density at radius 2 is 1.93 bits per heavy atom. The standard InChI is InChI=1S/C21H21ClFN3O3/c1-12-2-4-13(5-3-12)10-25-18(28)11-26(20-17(23)8-15(22)9-24-20)21(29)19(25)14-6-16(27)7-14/h2-5,8-9,14,16,19,27H,6-7,10-11H2,1H3/t14?,16?,19-/m0/s1. The number of piperazine rings is 1. The second-order valence-electron chi connectivity index (χ2n) is 7.72. The number of anilines is 1. The van der Waals surface area contributed by atoms with Crippen molar-refractivity contribution in [3.05, 3.63) is 58.5 Å². The maximum absolute atomic E-state index is 14.4. The van der Waals surface area contributed by atoms with Crippen molar-refractivity contribution in [2.75, 3.05) is 11.4 Å². The molecule has 2 fully saturated rings. The topological polar surface area (TPSA) is 73.7 Å². The molecule has 1 aliphatic heterocycles. The number of carbonyl (C=O) groups is 2. The largest absolute Gasteiger partial charge is 0.393 e. The van der Waals surface area contributed by atoms with Crippen LogP contribution in [0.2, 0.25) is 5.02 Å². The number of hydrogen-bond acceptors (Lipinski definition) is 4. The third-order valence-electron chi connectivity index (χ3n) is 5.58. The molecule has 1 saturated carbocycles. The van der Waals surface area contributed by atoms with Gasteiger partial charge in [0.1, 0.15) is 12.6 Å². The van der Waals surface area contributed by atoms with Gasteiger partial charge >= 0.3 is 0 Å². The third-order valence-corrected chi connectivity index (χ3v) is 5.79. The van der Waals surface area contributed by atoms with Crippen molar-refractivity contribution >= 4 is 29.2 Å². The Morgan fingerprint density at radius 3 is 2.55 bits per heavy atom. The summed E-state index contributed by atoms with van der Waals surface area (Å²) in [5, 5.41) is 9.86. The van der Waals surface area contributed by atoms with Crippen LogP contribution in [0, 0.1) is 18.7 Å². The number of benzene rings is 1. The van der Waals surface area contributed by atoms with E-state index in [0.29, 0.717) is 12.8 Å². The molecule has 1 saturated heterocycles. The monoisotopic (exact) mass is 417 g/mol. The molecule has 2 aliphatic rings. The summed E-state index contributed by atoms with van der Waals surface area (Å²) in [6.45, 7) is 1.97. The van der Waals surface area contributed by atoms with E-state index in [2.05, 4.69) is 4.98 Å². The molecular formula is C21H21ClFN3O3. The summed E-state index contributed by atoms with van der Waals surface area (Å²) in [6, 6.07) is 8.06. The Kier molecular flexibility index (Phi) is 5.27. The van der Waals surface area contributed by atoms with Crippen LogP contribution >= 0.6 is 11.6 Å². The summed E-state index contributed by atoms with van der Waals surface area (Å²) in [5.41, 5.74) is 2.01. The molecule has 1 aromatic heterocycles. The number of aliphatic hydroxyl groups is 1. The van der Waals surface area contributed by atoms with Crippen molar-refractivity contribution in [2.24, 2.45) is 5.92 Å². The lowest BCUT2D eigenvalue weighted by atomic mass is 9.75. The number of halogens is 2. The lowest BCUT2D eigenvalue weighted by Crippen LogP contribution is -2.64. The van der Waals surface area contributed by atoms with Crippen molar-refractivity contribution in [3.63, 3.8) is 0 Å². The van der Waals surface area contributed by atoms with Crippen LogP contribution < -0.4 is 4.90 Å². The Bertz CT molecular complexity index is 947. The zero-order chi connectivity index (χ0) is 20.7. The minimum absolute atomic E-state index is 0.113. The molecule has 0 unspecified atom stereocenters. The Labute approximate surface area is 172 Å². The van der Waals surface area contributed by atoms with Crippen molar-refractivity contribution in [1.82, 2.24) is 9.88 Å². The molecular weight excluding hydrogens is 397 g/mol. The zero-order valence-electron chi connectivity index (χ0n) is 15.9. The average Bonchev–Trinajstić information content (AvgIpc) is 2.65. The number of amides is 2. The minimum atomic E-state index is -0.766. The Hall–Kier alpha value is -2.51. The van der Waals surface area contributed by atoms with Gasteiger partial charge in [-0.3, -0.25) is 14.5 Å². The predicted molar refractivity (Wildman–Crippen MR) is 106 cm³/mol. The Balaban J connectivity index is 1.65. The van der Waals surface area contributed by atoms with Gasteiger partial charge in [0.25, 0.3) is 5.91 Å². The van der Waals surface area contributed by atoms with Crippen LogP contribution in [0.3, 0.4) is 0 Å². The summed E-state index contributed by atoms with van der Waals surface area (Å²) in [5.74, 6) is -1.80. The van der Waals surface area contributed by atoms with Gasteiger partial charge in [0.2, 0.25) is 5.91 Å². The van der Waals surface area contributed by atoms with Gasteiger partial charge in [0.05, 0.1) is 11.1 Å². The minimum Gasteiger partial charge on any atom is -0.393 e. The van der Waals surface area contributed by atoms with E-state index < -0.39 is 18.0 Å². The van der Waals surface area contributed by atoms with E-state index in [9.17, 15) is 19.1 Å². The van der Waals surface area contributed by atoms with Crippen molar-refractivity contribution in [2.45, 2.75) is 38.5 Å². The van der Waals surface area contributed by atoms with Crippen molar-refractivity contribution in [1.29, 1.82) is 0 Å². The van der Waals surface area contributed by atoms with E-state index >= 15 is 0 Å². The number of pyridine rings is 1. The molecule has 0 bridgehead atoms. The molecule has 4 rings (SSSR count). The third kappa shape index (κ3) is 3.84. The molecule has 152 valence electrons. The quantitative estimate of drug-likeness (QED) is 0.830. The van der Waals surface area contributed by atoms with Crippen LogP contribution in [-0.2, 0) is 16.1 Å². The van der Waals surface area contributed by atoms with Gasteiger partial charge in [0, 0.05) is 12.7 Å².